The van der Waals surface area contributed by atoms with Crippen LogP contribution in [0.25, 0.3) is 11.0 Å². The van der Waals surface area contributed by atoms with Crippen LogP contribution in [-0.4, -0.2) is 25.8 Å². The van der Waals surface area contributed by atoms with Gasteiger partial charge in [0.15, 0.2) is 11.5 Å². The molecule has 72 valence electrons. The Bertz CT molecular complexity index is 491. The van der Waals surface area contributed by atoms with Crippen LogP contribution >= 0.6 is 0 Å². The van der Waals surface area contributed by atoms with Gasteiger partial charge in [-0.15, -0.1) is 0 Å². The lowest BCUT2D eigenvalue weighted by molar-refractivity contribution is -0.137. The zero-order valence-corrected chi connectivity index (χ0v) is 7.21. The molecule has 0 unspecified atom stereocenters. The van der Waals surface area contributed by atoms with Crippen molar-refractivity contribution in [2.24, 2.45) is 0 Å². The molecule has 0 aliphatic rings. The summed E-state index contributed by atoms with van der Waals surface area (Å²) in [6.07, 6.45) is 1.57. The topological polar surface area (TPSA) is 94.0 Å². The maximum absolute atomic E-state index is 10.5. The van der Waals surface area contributed by atoms with Crippen LogP contribution in [0, 0.1) is 0 Å². The van der Waals surface area contributed by atoms with Gasteiger partial charge in [0, 0.05) is 6.20 Å². The molecule has 0 spiro atoms. The summed E-state index contributed by atoms with van der Waals surface area (Å²) in [6.45, 7) is -0.231. The standard InChI is InChI=1S/C8H8N4O2/c9-7-5-2-1-3-10-8(5)12(11-7)4-6(13)14/h1-3H,4H2,(H2,9,11)(H,13,14). The molecule has 0 radical (unpaired) electrons. The fourth-order valence-electron chi connectivity index (χ4n) is 1.27. The summed E-state index contributed by atoms with van der Waals surface area (Å²) >= 11 is 0. The number of carbonyl (C=O) groups is 1. The second-order valence-electron chi connectivity index (χ2n) is 2.81. The summed E-state index contributed by atoms with van der Waals surface area (Å²) in [4.78, 5) is 14.5. The molecule has 6 nitrogen and oxygen atoms in total. The van der Waals surface area contributed by atoms with Crippen LogP contribution in [0.15, 0.2) is 18.3 Å². The van der Waals surface area contributed by atoms with Gasteiger partial charge in [-0.25, -0.2) is 9.67 Å². The van der Waals surface area contributed by atoms with Crippen LogP contribution in [0.3, 0.4) is 0 Å². The lowest BCUT2D eigenvalue weighted by Crippen LogP contribution is -2.10. The van der Waals surface area contributed by atoms with Crippen molar-refractivity contribution in [3.05, 3.63) is 18.3 Å². The lowest BCUT2D eigenvalue weighted by Gasteiger charge is -1.96. The van der Waals surface area contributed by atoms with Gasteiger partial charge < -0.3 is 10.8 Å². The van der Waals surface area contributed by atoms with E-state index in [0.717, 1.165) is 0 Å². The van der Waals surface area contributed by atoms with Gasteiger partial charge in [-0.1, -0.05) is 0 Å². The molecule has 0 aliphatic carbocycles. The van der Waals surface area contributed by atoms with E-state index in [1.165, 1.54) is 4.68 Å². The fourth-order valence-corrected chi connectivity index (χ4v) is 1.27. The summed E-state index contributed by atoms with van der Waals surface area (Å²) < 4.78 is 1.27. The average Bonchev–Trinajstić information content (AvgIpc) is 2.44. The van der Waals surface area contributed by atoms with E-state index in [9.17, 15) is 4.79 Å². The zero-order valence-electron chi connectivity index (χ0n) is 7.21. The number of anilines is 1. The average molecular weight is 192 g/mol. The molecule has 14 heavy (non-hydrogen) atoms. The molecule has 2 heterocycles. The number of carboxylic acid groups (broad SMARTS) is 1. The number of nitrogens with zero attached hydrogens (tertiary/aromatic N) is 3. The molecule has 0 bridgehead atoms. The molecule has 0 saturated heterocycles. The molecule has 2 aromatic rings. The fraction of sp³-hybridized carbons (Fsp3) is 0.125. The first-order valence-corrected chi connectivity index (χ1v) is 3.97. The van der Waals surface area contributed by atoms with E-state index in [2.05, 4.69) is 10.1 Å². The van der Waals surface area contributed by atoms with Crippen LogP contribution in [-0.2, 0) is 11.3 Å². The van der Waals surface area contributed by atoms with Crippen LogP contribution in [0.2, 0.25) is 0 Å². The minimum absolute atomic E-state index is 0.231. The molecule has 2 aromatic heterocycles. The van der Waals surface area contributed by atoms with Crippen LogP contribution in [0.1, 0.15) is 0 Å². The summed E-state index contributed by atoms with van der Waals surface area (Å²) in [7, 11) is 0. The molecule has 0 amide bonds. The summed E-state index contributed by atoms with van der Waals surface area (Å²) in [5.74, 6) is -0.672. The molecular weight excluding hydrogens is 184 g/mol. The Labute approximate surface area is 79.0 Å². The zero-order chi connectivity index (χ0) is 10.1. The molecule has 6 heteroatoms. The number of carboxylic acids is 1. The van der Waals surface area contributed by atoms with Gasteiger partial charge in [0.2, 0.25) is 0 Å². The van der Waals surface area contributed by atoms with Gasteiger partial charge in [0.05, 0.1) is 5.39 Å². The number of nitrogen functional groups attached to an aromatic ring is 1. The Morgan fingerprint density at radius 2 is 2.43 bits per heavy atom. The predicted molar refractivity (Wildman–Crippen MR) is 49.6 cm³/mol. The van der Waals surface area contributed by atoms with Gasteiger partial charge in [-0.2, -0.15) is 5.10 Å². The lowest BCUT2D eigenvalue weighted by atomic mass is 10.3. The van der Waals surface area contributed by atoms with Crippen LogP contribution in [0.4, 0.5) is 5.82 Å². The first-order chi connectivity index (χ1) is 6.68. The van der Waals surface area contributed by atoms with Gasteiger partial charge >= 0.3 is 5.97 Å². The minimum Gasteiger partial charge on any atom is -0.480 e. The molecule has 2 rings (SSSR count). The van der Waals surface area contributed by atoms with E-state index < -0.39 is 5.97 Å². The minimum atomic E-state index is -0.972. The van der Waals surface area contributed by atoms with Gasteiger partial charge in [0.1, 0.15) is 6.54 Å². The highest BCUT2D eigenvalue weighted by Gasteiger charge is 2.10. The molecule has 0 saturated carbocycles. The number of aliphatic carboxylic acids is 1. The van der Waals surface area contributed by atoms with Crippen molar-refractivity contribution in [2.75, 3.05) is 5.73 Å². The summed E-state index contributed by atoms with van der Waals surface area (Å²) in [5, 5.41) is 13.2. The van der Waals surface area contributed by atoms with Crippen molar-refractivity contribution in [1.82, 2.24) is 14.8 Å². The number of aromatic nitrogens is 3. The predicted octanol–water partition coefficient (Wildman–Crippen LogP) is 0.0981. The SMILES string of the molecule is Nc1nn(CC(=O)O)c2ncccc12. The Hall–Kier alpha value is -2.11. The highest BCUT2D eigenvalue weighted by Crippen LogP contribution is 2.17. The molecular formula is C8H8N4O2. The quantitative estimate of drug-likeness (QED) is 0.703. The number of nitrogens with two attached hydrogens (primary N) is 1. The Morgan fingerprint density at radius 3 is 3.14 bits per heavy atom. The van der Waals surface area contributed by atoms with E-state index in [-0.39, 0.29) is 6.54 Å². The number of hydrogen-bond acceptors (Lipinski definition) is 4. The highest BCUT2D eigenvalue weighted by molar-refractivity contribution is 5.86. The number of fused-ring (bicyclic) bond motifs is 1. The van der Waals surface area contributed by atoms with Crippen LogP contribution < -0.4 is 5.73 Å². The second-order valence-corrected chi connectivity index (χ2v) is 2.81. The van der Waals surface area contributed by atoms with E-state index in [4.69, 9.17) is 10.8 Å². The molecule has 0 aliphatic heterocycles. The van der Waals surface area contributed by atoms with Gasteiger partial charge in [0.25, 0.3) is 0 Å². The van der Waals surface area contributed by atoms with E-state index in [1.807, 2.05) is 0 Å². The van der Waals surface area contributed by atoms with Crippen molar-refractivity contribution in [1.29, 1.82) is 0 Å². The third-order valence-electron chi connectivity index (χ3n) is 1.82. The highest BCUT2D eigenvalue weighted by atomic mass is 16.4. The first kappa shape index (κ1) is 8.49. The molecule has 3 N–H and O–H groups in total. The summed E-state index contributed by atoms with van der Waals surface area (Å²) in [6, 6.07) is 3.48. The first-order valence-electron chi connectivity index (χ1n) is 3.97. The normalized spacial score (nSPS) is 10.6. The Balaban J connectivity index is 2.60. The maximum atomic E-state index is 10.5. The van der Waals surface area contributed by atoms with Crippen molar-refractivity contribution in [3.63, 3.8) is 0 Å². The second kappa shape index (κ2) is 2.99. The molecule has 0 aromatic carbocycles. The monoisotopic (exact) mass is 192 g/mol. The molecule has 0 fully saturated rings. The van der Waals surface area contributed by atoms with Gasteiger partial charge in [-0.3, -0.25) is 4.79 Å². The Kier molecular flexibility index (Phi) is 1.81. The number of rotatable bonds is 2. The summed E-state index contributed by atoms with van der Waals surface area (Å²) in [5.41, 5.74) is 6.08. The van der Waals surface area contributed by atoms with Gasteiger partial charge in [-0.05, 0) is 12.1 Å². The number of hydrogen-bond donors (Lipinski definition) is 2. The maximum Gasteiger partial charge on any atom is 0.325 e. The van der Waals surface area contributed by atoms with Crippen molar-refractivity contribution in [2.45, 2.75) is 6.54 Å². The van der Waals surface area contributed by atoms with Crippen LogP contribution in [0.5, 0.6) is 0 Å². The van der Waals surface area contributed by atoms with Crippen molar-refractivity contribution < 1.29 is 9.90 Å². The third kappa shape index (κ3) is 1.26. The Morgan fingerprint density at radius 1 is 1.64 bits per heavy atom. The number of pyridine rings is 1. The van der Waals surface area contributed by atoms with E-state index in [1.54, 1.807) is 18.3 Å². The smallest absolute Gasteiger partial charge is 0.325 e. The largest absolute Gasteiger partial charge is 0.480 e. The van der Waals surface area contributed by atoms with Crippen molar-refractivity contribution >= 4 is 22.8 Å². The third-order valence-corrected chi connectivity index (χ3v) is 1.82. The van der Waals surface area contributed by atoms with E-state index >= 15 is 0 Å². The van der Waals surface area contributed by atoms with E-state index in [0.29, 0.717) is 16.9 Å². The molecule has 0 atom stereocenters. The van der Waals surface area contributed by atoms with Crippen molar-refractivity contribution in [3.8, 4) is 0 Å².